The molecule has 1 atom stereocenters. The van der Waals surface area contributed by atoms with Crippen LogP contribution in [0.15, 0.2) is 53.7 Å². The van der Waals surface area contributed by atoms with Crippen molar-refractivity contribution in [1.29, 1.82) is 0 Å². The first-order chi connectivity index (χ1) is 20.4. The van der Waals surface area contributed by atoms with Crippen LogP contribution in [0.1, 0.15) is 40.6 Å². The van der Waals surface area contributed by atoms with Crippen molar-refractivity contribution < 1.29 is 23.8 Å². The van der Waals surface area contributed by atoms with Gasteiger partial charge in [0.1, 0.15) is 27.9 Å². The zero-order chi connectivity index (χ0) is 29.6. The van der Waals surface area contributed by atoms with Gasteiger partial charge in [0.2, 0.25) is 11.1 Å². The van der Waals surface area contributed by atoms with Crippen molar-refractivity contribution in [2.24, 2.45) is 5.92 Å². The van der Waals surface area contributed by atoms with Crippen molar-refractivity contribution in [3.05, 3.63) is 64.5 Å². The quantitative estimate of drug-likeness (QED) is 0.164. The van der Waals surface area contributed by atoms with Gasteiger partial charge in [-0.1, -0.05) is 18.7 Å². The van der Waals surface area contributed by atoms with Gasteiger partial charge in [0.25, 0.3) is 0 Å². The number of aromatic nitrogens is 3. The first kappa shape index (κ1) is 29.5. The van der Waals surface area contributed by atoms with Gasteiger partial charge >= 0.3 is 5.97 Å². The number of hydrogen-bond acceptors (Lipinski definition) is 10. The topological polar surface area (TPSA) is 113 Å². The predicted octanol–water partition coefficient (Wildman–Crippen LogP) is 6.32. The molecule has 0 spiro atoms. The lowest BCUT2D eigenvalue weighted by Crippen LogP contribution is -2.16. The van der Waals surface area contributed by atoms with Gasteiger partial charge in [-0.05, 0) is 79.3 Å². The van der Waals surface area contributed by atoms with Crippen molar-refractivity contribution in [2.45, 2.75) is 37.8 Å². The normalized spacial score (nSPS) is 14.1. The van der Waals surface area contributed by atoms with E-state index < -0.39 is 5.97 Å². The van der Waals surface area contributed by atoms with Gasteiger partial charge in [-0.25, -0.2) is 9.78 Å². The molecular formula is C31H32N4O5S2. The van der Waals surface area contributed by atoms with Crippen LogP contribution in [-0.2, 0) is 22.4 Å². The second-order valence-electron chi connectivity index (χ2n) is 9.94. The number of amides is 1. The van der Waals surface area contributed by atoms with Crippen LogP contribution in [0.2, 0.25) is 0 Å². The van der Waals surface area contributed by atoms with Crippen molar-refractivity contribution in [2.75, 3.05) is 32.4 Å². The zero-order valence-corrected chi connectivity index (χ0v) is 25.6. The van der Waals surface area contributed by atoms with Gasteiger partial charge in [0.15, 0.2) is 0 Å². The molecule has 2 aromatic heterocycles. The molecule has 2 heterocycles. The Bertz CT molecular complexity index is 1570. The molecule has 218 valence electrons. The van der Waals surface area contributed by atoms with E-state index in [1.54, 1.807) is 14.2 Å². The third-order valence-electron chi connectivity index (χ3n) is 7.11. The van der Waals surface area contributed by atoms with Crippen molar-refractivity contribution in [1.82, 2.24) is 15.2 Å². The number of methoxy groups -OCH3 is 3. The lowest BCUT2D eigenvalue weighted by molar-refractivity contribution is -0.115. The minimum absolute atomic E-state index is 0.183. The number of carbonyl (C=O) groups is 2. The standard InChI is InChI=1S/C31H32N4O5S2/c1-18-5-14-23-24(17-18)42-29(26(23)30(37)40-4)32-25(36)15-16-41-31-33-27(19-6-10-21(38-2)11-7-19)28(34-35-31)20-8-12-22(39-3)13-9-20/h6-13,18H,5,14-17H2,1-4H3,(H,32,36). The van der Waals surface area contributed by atoms with Crippen LogP contribution in [0.3, 0.4) is 0 Å². The summed E-state index contributed by atoms with van der Waals surface area (Å²) in [5.74, 6) is 1.88. The molecule has 0 saturated heterocycles. The molecule has 1 aliphatic rings. The minimum Gasteiger partial charge on any atom is -0.497 e. The maximum atomic E-state index is 12.9. The molecule has 1 N–H and O–H groups in total. The largest absolute Gasteiger partial charge is 0.497 e. The van der Waals surface area contributed by atoms with E-state index >= 15 is 0 Å². The molecule has 9 nitrogen and oxygen atoms in total. The summed E-state index contributed by atoms with van der Waals surface area (Å²) < 4.78 is 15.6. The molecular weight excluding hydrogens is 572 g/mol. The number of nitrogens with zero attached hydrogens (tertiary/aromatic N) is 3. The summed E-state index contributed by atoms with van der Waals surface area (Å²) in [6, 6.07) is 15.2. The number of ether oxygens (including phenoxy) is 3. The van der Waals surface area contributed by atoms with E-state index in [0.29, 0.717) is 38.8 Å². The van der Waals surface area contributed by atoms with E-state index in [0.717, 1.165) is 52.3 Å². The van der Waals surface area contributed by atoms with Gasteiger partial charge in [0.05, 0.1) is 26.9 Å². The van der Waals surface area contributed by atoms with E-state index in [9.17, 15) is 9.59 Å². The monoisotopic (exact) mass is 604 g/mol. The first-order valence-electron chi connectivity index (χ1n) is 13.6. The smallest absolute Gasteiger partial charge is 0.341 e. The Labute approximate surface area is 253 Å². The highest BCUT2D eigenvalue weighted by atomic mass is 32.2. The van der Waals surface area contributed by atoms with Gasteiger partial charge in [-0.15, -0.1) is 21.5 Å². The number of thioether (sulfide) groups is 1. The number of benzene rings is 2. The molecule has 1 unspecified atom stereocenters. The molecule has 0 radical (unpaired) electrons. The van der Waals surface area contributed by atoms with Crippen LogP contribution >= 0.6 is 23.1 Å². The molecule has 42 heavy (non-hydrogen) atoms. The number of rotatable bonds is 10. The lowest BCUT2D eigenvalue weighted by atomic mass is 9.88. The van der Waals surface area contributed by atoms with E-state index in [1.807, 2.05) is 48.5 Å². The van der Waals surface area contributed by atoms with E-state index in [2.05, 4.69) is 22.4 Å². The summed E-state index contributed by atoms with van der Waals surface area (Å²) >= 11 is 2.83. The molecule has 0 aliphatic heterocycles. The highest BCUT2D eigenvalue weighted by Crippen LogP contribution is 2.40. The fourth-order valence-electron chi connectivity index (χ4n) is 4.85. The van der Waals surface area contributed by atoms with Crippen molar-refractivity contribution in [3.8, 4) is 34.0 Å². The average molecular weight is 605 g/mol. The average Bonchev–Trinajstić information content (AvgIpc) is 3.37. The van der Waals surface area contributed by atoms with Crippen LogP contribution in [-0.4, -0.2) is 54.1 Å². The molecule has 0 fully saturated rings. The summed E-state index contributed by atoms with van der Waals surface area (Å²) in [4.78, 5) is 31.5. The predicted molar refractivity (Wildman–Crippen MR) is 165 cm³/mol. The van der Waals surface area contributed by atoms with Crippen LogP contribution < -0.4 is 14.8 Å². The Morgan fingerprint density at radius 1 is 0.952 bits per heavy atom. The third kappa shape index (κ3) is 6.57. The molecule has 4 aromatic rings. The summed E-state index contributed by atoms with van der Waals surface area (Å²) in [7, 11) is 4.62. The molecule has 11 heteroatoms. The Morgan fingerprint density at radius 2 is 1.60 bits per heavy atom. The number of anilines is 1. The molecule has 0 saturated carbocycles. The fraction of sp³-hybridized carbons (Fsp3) is 0.323. The van der Waals surface area contributed by atoms with Gasteiger partial charge in [0, 0.05) is 28.2 Å². The third-order valence-corrected chi connectivity index (χ3v) is 9.12. The van der Waals surface area contributed by atoms with Gasteiger partial charge < -0.3 is 19.5 Å². The van der Waals surface area contributed by atoms with Crippen LogP contribution in [0.5, 0.6) is 11.5 Å². The van der Waals surface area contributed by atoms with E-state index in [-0.39, 0.29) is 12.3 Å². The molecule has 2 aromatic carbocycles. The Balaban J connectivity index is 1.31. The number of thiophene rings is 1. The first-order valence-corrected chi connectivity index (χ1v) is 15.4. The maximum absolute atomic E-state index is 12.9. The second kappa shape index (κ2) is 13.3. The zero-order valence-electron chi connectivity index (χ0n) is 23.9. The lowest BCUT2D eigenvalue weighted by Gasteiger charge is -2.18. The number of nitrogens with one attached hydrogen (secondary N) is 1. The molecule has 1 aliphatic carbocycles. The van der Waals surface area contributed by atoms with Crippen LogP contribution in [0.25, 0.3) is 22.5 Å². The number of hydrogen-bond donors (Lipinski definition) is 1. The fourth-order valence-corrected chi connectivity index (χ4v) is 6.99. The van der Waals surface area contributed by atoms with Crippen molar-refractivity contribution in [3.63, 3.8) is 0 Å². The summed E-state index contributed by atoms with van der Waals surface area (Å²) in [6.45, 7) is 2.20. The maximum Gasteiger partial charge on any atom is 0.341 e. The molecule has 5 rings (SSSR count). The Kier molecular flexibility index (Phi) is 9.38. The highest BCUT2D eigenvalue weighted by molar-refractivity contribution is 7.99. The van der Waals surface area contributed by atoms with E-state index in [4.69, 9.17) is 19.2 Å². The Hall–Kier alpha value is -3.96. The summed E-state index contributed by atoms with van der Waals surface area (Å²) in [5, 5.41) is 12.9. The molecule has 0 bridgehead atoms. The van der Waals surface area contributed by atoms with Gasteiger partial charge in [-0.3, -0.25) is 4.79 Å². The highest BCUT2D eigenvalue weighted by Gasteiger charge is 2.29. The Morgan fingerprint density at radius 3 is 2.21 bits per heavy atom. The summed E-state index contributed by atoms with van der Waals surface area (Å²) in [5.41, 5.74) is 4.53. The number of fused-ring (bicyclic) bond motifs is 1. The van der Waals surface area contributed by atoms with Crippen molar-refractivity contribution >= 4 is 40.0 Å². The van der Waals surface area contributed by atoms with Crippen LogP contribution in [0, 0.1) is 5.92 Å². The number of carbonyl (C=O) groups excluding carboxylic acids is 2. The van der Waals surface area contributed by atoms with Crippen LogP contribution in [0.4, 0.5) is 5.00 Å². The SMILES string of the molecule is COC(=O)c1c(NC(=O)CCSc2nnc(-c3ccc(OC)cc3)c(-c3ccc(OC)cc3)n2)sc2c1CCC(C)C2. The number of esters is 1. The minimum atomic E-state index is -0.408. The van der Waals surface area contributed by atoms with Gasteiger partial charge in [-0.2, -0.15) is 0 Å². The summed E-state index contributed by atoms with van der Waals surface area (Å²) in [6.07, 6.45) is 2.95. The van der Waals surface area contributed by atoms with E-state index in [1.165, 1.54) is 30.2 Å². The molecule has 1 amide bonds. The second-order valence-corrected chi connectivity index (χ2v) is 12.1.